The van der Waals surface area contributed by atoms with Crippen molar-refractivity contribution in [1.82, 2.24) is 0 Å². The Morgan fingerprint density at radius 1 is 1.29 bits per heavy atom. The van der Waals surface area contributed by atoms with Crippen LogP contribution in [0.15, 0.2) is 24.3 Å². The van der Waals surface area contributed by atoms with Crippen molar-refractivity contribution < 1.29 is 13.9 Å². The van der Waals surface area contributed by atoms with Gasteiger partial charge in [0.05, 0.1) is 13.2 Å². The van der Waals surface area contributed by atoms with Crippen molar-refractivity contribution in [3.63, 3.8) is 0 Å². The zero-order chi connectivity index (χ0) is 12.7. The summed E-state index contributed by atoms with van der Waals surface area (Å²) in [6.45, 7) is 5.27. The standard InChI is InChI=1S/C13H20FNO2/c1-3-16-8-9-17-13(10(2)15)11-6-4-5-7-12(11)14/h4-7,10,13H,3,8-9,15H2,1-2H3. The zero-order valence-electron chi connectivity index (χ0n) is 10.4. The molecule has 1 rings (SSSR count). The van der Waals surface area contributed by atoms with Crippen molar-refractivity contribution in [3.05, 3.63) is 35.6 Å². The fourth-order valence-electron chi connectivity index (χ4n) is 1.61. The van der Waals surface area contributed by atoms with Crippen LogP contribution in [0.3, 0.4) is 0 Å². The third kappa shape index (κ3) is 4.42. The van der Waals surface area contributed by atoms with Gasteiger partial charge in [0.25, 0.3) is 0 Å². The van der Waals surface area contributed by atoms with E-state index in [0.717, 1.165) is 0 Å². The van der Waals surface area contributed by atoms with Gasteiger partial charge in [-0.15, -0.1) is 0 Å². The van der Waals surface area contributed by atoms with E-state index in [2.05, 4.69) is 0 Å². The van der Waals surface area contributed by atoms with Gasteiger partial charge in [0.15, 0.2) is 0 Å². The van der Waals surface area contributed by atoms with Crippen molar-refractivity contribution >= 4 is 0 Å². The van der Waals surface area contributed by atoms with Gasteiger partial charge in [0.1, 0.15) is 11.9 Å². The Hall–Kier alpha value is -0.970. The summed E-state index contributed by atoms with van der Waals surface area (Å²) >= 11 is 0. The molecule has 0 amide bonds. The molecule has 0 aromatic heterocycles. The first-order valence-electron chi connectivity index (χ1n) is 5.86. The van der Waals surface area contributed by atoms with E-state index in [1.54, 1.807) is 25.1 Å². The highest BCUT2D eigenvalue weighted by Crippen LogP contribution is 2.22. The Kier molecular flexibility index (Phi) is 6.11. The molecule has 0 saturated carbocycles. The fraction of sp³-hybridized carbons (Fsp3) is 0.538. The minimum Gasteiger partial charge on any atom is -0.379 e. The molecule has 0 aliphatic heterocycles. The first-order valence-corrected chi connectivity index (χ1v) is 5.86. The molecule has 0 aliphatic rings. The van der Waals surface area contributed by atoms with E-state index in [4.69, 9.17) is 15.2 Å². The molecule has 2 N–H and O–H groups in total. The molecule has 4 heteroatoms. The van der Waals surface area contributed by atoms with Gasteiger partial charge in [-0.3, -0.25) is 0 Å². The summed E-state index contributed by atoms with van der Waals surface area (Å²) in [5.41, 5.74) is 6.32. The minimum atomic E-state index is -0.434. The van der Waals surface area contributed by atoms with Crippen molar-refractivity contribution in [1.29, 1.82) is 0 Å². The lowest BCUT2D eigenvalue weighted by molar-refractivity contribution is -0.00391. The van der Waals surface area contributed by atoms with Crippen LogP contribution in [0.1, 0.15) is 25.5 Å². The number of nitrogens with two attached hydrogens (primary N) is 1. The highest BCUT2D eigenvalue weighted by Gasteiger charge is 2.19. The van der Waals surface area contributed by atoms with Crippen LogP contribution in [-0.2, 0) is 9.47 Å². The maximum Gasteiger partial charge on any atom is 0.129 e. The maximum absolute atomic E-state index is 13.6. The van der Waals surface area contributed by atoms with Crippen LogP contribution in [0.2, 0.25) is 0 Å². The zero-order valence-corrected chi connectivity index (χ0v) is 10.4. The first kappa shape index (κ1) is 14.1. The van der Waals surface area contributed by atoms with Crippen LogP contribution in [-0.4, -0.2) is 25.9 Å². The quantitative estimate of drug-likeness (QED) is 0.745. The van der Waals surface area contributed by atoms with Gasteiger partial charge < -0.3 is 15.2 Å². The average molecular weight is 241 g/mol. The normalized spacial score (nSPS) is 14.6. The molecule has 0 aliphatic carbocycles. The lowest BCUT2D eigenvalue weighted by atomic mass is 10.0. The summed E-state index contributed by atoms with van der Waals surface area (Å²) in [6, 6.07) is 6.27. The van der Waals surface area contributed by atoms with Crippen molar-refractivity contribution in [2.75, 3.05) is 19.8 Å². The van der Waals surface area contributed by atoms with E-state index in [0.29, 0.717) is 25.4 Å². The number of rotatable bonds is 7. The van der Waals surface area contributed by atoms with Gasteiger partial charge in [0.2, 0.25) is 0 Å². The highest BCUT2D eigenvalue weighted by molar-refractivity contribution is 5.21. The molecule has 1 aromatic rings. The van der Waals surface area contributed by atoms with E-state index in [1.165, 1.54) is 6.07 Å². The summed E-state index contributed by atoms with van der Waals surface area (Å²) in [6.07, 6.45) is -0.434. The van der Waals surface area contributed by atoms with Gasteiger partial charge in [-0.2, -0.15) is 0 Å². The Morgan fingerprint density at radius 3 is 2.59 bits per heavy atom. The van der Waals surface area contributed by atoms with Gasteiger partial charge in [-0.25, -0.2) is 4.39 Å². The topological polar surface area (TPSA) is 44.5 Å². The van der Waals surface area contributed by atoms with Crippen molar-refractivity contribution in [2.24, 2.45) is 5.73 Å². The summed E-state index contributed by atoms with van der Waals surface area (Å²) < 4.78 is 24.4. The Labute approximate surface area is 102 Å². The summed E-state index contributed by atoms with van der Waals surface area (Å²) in [7, 11) is 0. The van der Waals surface area contributed by atoms with Crippen molar-refractivity contribution in [2.45, 2.75) is 26.0 Å². The smallest absolute Gasteiger partial charge is 0.129 e. The molecule has 0 heterocycles. The van der Waals surface area contributed by atoms with Crippen LogP contribution in [0.4, 0.5) is 4.39 Å². The molecule has 2 unspecified atom stereocenters. The number of benzene rings is 1. The summed E-state index contributed by atoms with van der Waals surface area (Å²) in [5.74, 6) is -0.286. The van der Waals surface area contributed by atoms with Crippen LogP contribution >= 0.6 is 0 Å². The maximum atomic E-state index is 13.6. The van der Waals surface area contributed by atoms with Crippen LogP contribution < -0.4 is 5.73 Å². The SMILES string of the molecule is CCOCCOC(c1ccccc1F)C(C)N. The van der Waals surface area contributed by atoms with E-state index < -0.39 is 6.10 Å². The van der Waals surface area contributed by atoms with Gasteiger partial charge in [0, 0.05) is 18.2 Å². The predicted molar refractivity (Wildman–Crippen MR) is 65.2 cm³/mol. The van der Waals surface area contributed by atoms with Gasteiger partial charge >= 0.3 is 0 Å². The third-order valence-corrected chi connectivity index (χ3v) is 2.42. The van der Waals surface area contributed by atoms with Crippen molar-refractivity contribution in [3.8, 4) is 0 Å². The largest absolute Gasteiger partial charge is 0.379 e. The van der Waals surface area contributed by atoms with Crippen LogP contribution in [0.5, 0.6) is 0 Å². The lowest BCUT2D eigenvalue weighted by Gasteiger charge is -2.22. The molecule has 0 bridgehead atoms. The Bertz CT molecular complexity index is 331. The summed E-state index contributed by atoms with van der Waals surface area (Å²) in [5, 5.41) is 0. The van der Waals surface area contributed by atoms with E-state index in [-0.39, 0.29) is 11.9 Å². The van der Waals surface area contributed by atoms with E-state index >= 15 is 0 Å². The first-order chi connectivity index (χ1) is 8.16. The molecule has 0 spiro atoms. The number of hydrogen-bond acceptors (Lipinski definition) is 3. The predicted octanol–water partition coefficient (Wildman–Crippen LogP) is 2.27. The van der Waals surface area contributed by atoms with Gasteiger partial charge in [-0.05, 0) is 19.9 Å². The minimum absolute atomic E-state index is 0.270. The Morgan fingerprint density at radius 2 is 2.00 bits per heavy atom. The molecular formula is C13H20FNO2. The second-order valence-electron chi connectivity index (χ2n) is 3.87. The molecule has 17 heavy (non-hydrogen) atoms. The van der Waals surface area contributed by atoms with E-state index in [1.807, 2.05) is 6.92 Å². The molecule has 1 aromatic carbocycles. The molecule has 0 fully saturated rings. The molecule has 0 radical (unpaired) electrons. The Balaban J connectivity index is 2.63. The molecular weight excluding hydrogens is 221 g/mol. The van der Waals surface area contributed by atoms with Crippen LogP contribution in [0, 0.1) is 5.82 Å². The lowest BCUT2D eigenvalue weighted by Crippen LogP contribution is -2.28. The number of ether oxygens (including phenoxy) is 2. The average Bonchev–Trinajstić information content (AvgIpc) is 2.30. The van der Waals surface area contributed by atoms with Gasteiger partial charge in [-0.1, -0.05) is 18.2 Å². The number of halogens is 1. The molecule has 3 nitrogen and oxygen atoms in total. The number of hydrogen-bond donors (Lipinski definition) is 1. The second-order valence-corrected chi connectivity index (χ2v) is 3.87. The highest BCUT2D eigenvalue weighted by atomic mass is 19.1. The molecule has 96 valence electrons. The molecule has 2 atom stereocenters. The second kappa shape index (κ2) is 7.37. The third-order valence-electron chi connectivity index (χ3n) is 2.42. The van der Waals surface area contributed by atoms with E-state index in [9.17, 15) is 4.39 Å². The monoisotopic (exact) mass is 241 g/mol. The van der Waals surface area contributed by atoms with Crippen LogP contribution in [0.25, 0.3) is 0 Å². The summed E-state index contributed by atoms with van der Waals surface area (Å²) in [4.78, 5) is 0. The molecule has 0 saturated heterocycles. The fourth-order valence-corrected chi connectivity index (χ4v) is 1.61.